The lowest BCUT2D eigenvalue weighted by molar-refractivity contribution is 0.0836. The number of fused-ring (bicyclic) bond motifs is 1. The molecule has 0 bridgehead atoms. The van der Waals surface area contributed by atoms with E-state index in [4.69, 9.17) is 9.47 Å². The second-order valence-electron chi connectivity index (χ2n) is 5.57. The molecule has 2 aromatic carbocycles. The van der Waals surface area contributed by atoms with E-state index in [0.717, 1.165) is 30.4 Å². The minimum atomic E-state index is -0.647. The topological polar surface area (TPSA) is 35.5 Å². The van der Waals surface area contributed by atoms with E-state index in [1.54, 1.807) is 0 Å². The highest BCUT2D eigenvalue weighted by Gasteiger charge is 2.22. The monoisotopic (exact) mass is 308 g/mol. The Bertz CT molecular complexity index is 717. The number of rotatable bonds is 4. The number of ether oxygens (including phenoxy) is 2. The molecule has 0 atom stereocenters. The summed E-state index contributed by atoms with van der Waals surface area (Å²) in [5.41, 5.74) is 4.33. The smallest absolute Gasteiger partial charge is 0.429 e. The zero-order chi connectivity index (χ0) is 16.1. The number of aryl methyl sites for hydroxylation is 1. The Hall–Kier alpha value is -2.55. The standard InChI is InChI=1S/C20H20O3/c1-2-16-12-13-17-10-6-7-11-18(17)19(16)23-20(21)22-14-15-8-4-3-5-9-15/h3-11H,2,12-14H2,1H3. The van der Waals surface area contributed by atoms with E-state index < -0.39 is 6.16 Å². The summed E-state index contributed by atoms with van der Waals surface area (Å²) in [6.07, 6.45) is 2.14. The highest BCUT2D eigenvalue weighted by atomic mass is 16.7. The van der Waals surface area contributed by atoms with E-state index in [2.05, 4.69) is 13.0 Å². The quantitative estimate of drug-likeness (QED) is 0.736. The van der Waals surface area contributed by atoms with Crippen LogP contribution in [0.5, 0.6) is 0 Å². The molecule has 0 N–H and O–H groups in total. The van der Waals surface area contributed by atoms with E-state index >= 15 is 0 Å². The first-order valence-corrected chi connectivity index (χ1v) is 7.96. The number of carbonyl (C=O) groups excluding carboxylic acids is 1. The maximum atomic E-state index is 12.1. The molecule has 0 fully saturated rings. The van der Waals surface area contributed by atoms with E-state index in [1.807, 2.05) is 48.5 Å². The summed E-state index contributed by atoms with van der Waals surface area (Å²) >= 11 is 0. The molecule has 3 rings (SSSR count). The summed E-state index contributed by atoms with van der Waals surface area (Å²) in [5, 5.41) is 0. The predicted molar refractivity (Wildman–Crippen MR) is 89.7 cm³/mol. The number of carbonyl (C=O) groups is 1. The summed E-state index contributed by atoms with van der Waals surface area (Å²) in [6.45, 7) is 2.30. The average molecular weight is 308 g/mol. The Morgan fingerprint density at radius 2 is 1.74 bits per heavy atom. The van der Waals surface area contributed by atoms with Crippen molar-refractivity contribution in [2.75, 3.05) is 0 Å². The molecule has 2 aromatic rings. The van der Waals surface area contributed by atoms with Gasteiger partial charge < -0.3 is 9.47 Å². The highest BCUT2D eigenvalue weighted by molar-refractivity contribution is 5.77. The first-order chi connectivity index (χ1) is 11.3. The maximum absolute atomic E-state index is 12.1. The van der Waals surface area contributed by atoms with Crippen molar-refractivity contribution in [3.63, 3.8) is 0 Å². The molecular weight excluding hydrogens is 288 g/mol. The van der Waals surface area contributed by atoms with Gasteiger partial charge in [-0.1, -0.05) is 61.5 Å². The van der Waals surface area contributed by atoms with Crippen molar-refractivity contribution in [2.45, 2.75) is 32.8 Å². The number of benzene rings is 2. The first kappa shape index (κ1) is 15.3. The Morgan fingerprint density at radius 3 is 2.52 bits per heavy atom. The molecule has 0 spiro atoms. The van der Waals surface area contributed by atoms with Crippen LogP contribution in [-0.4, -0.2) is 6.16 Å². The molecule has 0 amide bonds. The Morgan fingerprint density at radius 1 is 1.00 bits per heavy atom. The van der Waals surface area contributed by atoms with Crippen LogP contribution in [0.3, 0.4) is 0 Å². The SMILES string of the molecule is CCC1=C(OC(=O)OCc2ccccc2)c2ccccc2CC1. The van der Waals surface area contributed by atoms with Gasteiger partial charge >= 0.3 is 6.16 Å². The third kappa shape index (κ3) is 3.62. The van der Waals surface area contributed by atoms with E-state index in [-0.39, 0.29) is 6.61 Å². The van der Waals surface area contributed by atoms with Crippen LogP contribution in [0.25, 0.3) is 5.76 Å². The van der Waals surface area contributed by atoms with Crippen molar-refractivity contribution in [3.05, 3.63) is 76.9 Å². The van der Waals surface area contributed by atoms with Crippen LogP contribution < -0.4 is 0 Å². The second-order valence-corrected chi connectivity index (χ2v) is 5.57. The first-order valence-electron chi connectivity index (χ1n) is 7.96. The lowest BCUT2D eigenvalue weighted by Crippen LogP contribution is -2.12. The summed E-state index contributed by atoms with van der Waals surface area (Å²) < 4.78 is 10.8. The zero-order valence-corrected chi connectivity index (χ0v) is 13.2. The van der Waals surface area contributed by atoms with Gasteiger partial charge in [-0.15, -0.1) is 0 Å². The molecule has 0 saturated carbocycles. The van der Waals surface area contributed by atoms with Crippen LogP contribution in [0.1, 0.15) is 36.5 Å². The van der Waals surface area contributed by atoms with Crippen molar-refractivity contribution in [2.24, 2.45) is 0 Å². The van der Waals surface area contributed by atoms with Crippen molar-refractivity contribution in [1.82, 2.24) is 0 Å². The number of allylic oxidation sites excluding steroid dienone is 1. The maximum Gasteiger partial charge on any atom is 0.514 e. The fraction of sp³-hybridized carbons (Fsp3) is 0.250. The lowest BCUT2D eigenvalue weighted by Gasteiger charge is -2.22. The Balaban J connectivity index is 1.72. The summed E-state index contributed by atoms with van der Waals surface area (Å²) in [4.78, 5) is 12.1. The molecule has 0 saturated heterocycles. The highest BCUT2D eigenvalue weighted by Crippen LogP contribution is 2.33. The molecule has 0 aromatic heterocycles. The van der Waals surface area contributed by atoms with Gasteiger partial charge in [0.15, 0.2) is 0 Å². The number of hydrogen-bond donors (Lipinski definition) is 0. The fourth-order valence-corrected chi connectivity index (χ4v) is 2.84. The Kier molecular flexibility index (Phi) is 4.77. The summed E-state index contributed by atoms with van der Waals surface area (Å²) in [6, 6.07) is 17.7. The molecule has 118 valence electrons. The van der Waals surface area contributed by atoms with Crippen LogP contribution in [0.4, 0.5) is 4.79 Å². The predicted octanol–water partition coefficient (Wildman–Crippen LogP) is 5.11. The summed E-state index contributed by atoms with van der Waals surface area (Å²) in [5.74, 6) is 0.674. The van der Waals surface area contributed by atoms with Gasteiger partial charge in [0.2, 0.25) is 0 Å². The van der Waals surface area contributed by atoms with Gasteiger partial charge in [0.25, 0.3) is 0 Å². The summed E-state index contributed by atoms with van der Waals surface area (Å²) in [7, 11) is 0. The molecule has 0 unspecified atom stereocenters. The molecule has 0 radical (unpaired) electrons. The van der Waals surface area contributed by atoms with Crippen LogP contribution in [0.15, 0.2) is 60.2 Å². The van der Waals surface area contributed by atoms with Gasteiger partial charge in [0.05, 0.1) is 0 Å². The normalized spacial score (nSPS) is 13.4. The fourth-order valence-electron chi connectivity index (χ4n) is 2.84. The van der Waals surface area contributed by atoms with E-state index in [0.29, 0.717) is 5.76 Å². The third-order valence-corrected chi connectivity index (χ3v) is 4.09. The van der Waals surface area contributed by atoms with Gasteiger partial charge in [-0.05, 0) is 36.0 Å². The van der Waals surface area contributed by atoms with Crippen LogP contribution in [0.2, 0.25) is 0 Å². The van der Waals surface area contributed by atoms with Crippen LogP contribution in [0, 0.1) is 0 Å². The molecule has 0 aliphatic heterocycles. The van der Waals surface area contributed by atoms with Gasteiger partial charge in [0.1, 0.15) is 12.4 Å². The third-order valence-electron chi connectivity index (χ3n) is 4.09. The molecule has 23 heavy (non-hydrogen) atoms. The van der Waals surface area contributed by atoms with Crippen molar-refractivity contribution >= 4 is 11.9 Å². The number of hydrogen-bond acceptors (Lipinski definition) is 3. The molecule has 0 heterocycles. The van der Waals surface area contributed by atoms with Gasteiger partial charge in [-0.25, -0.2) is 4.79 Å². The van der Waals surface area contributed by atoms with Gasteiger partial charge in [-0.2, -0.15) is 0 Å². The molecule has 1 aliphatic carbocycles. The molecule has 3 heteroatoms. The Labute approximate surface area is 136 Å². The van der Waals surface area contributed by atoms with Gasteiger partial charge in [-0.3, -0.25) is 0 Å². The van der Waals surface area contributed by atoms with Crippen molar-refractivity contribution in [1.29, 1.82) is 0 Å². The van der Waals surface area contributed by atoms with Crippen LogP contribution >= 0.6 is 0 Å². The minimum Gasteiger partial charge on any atom is -0.429 e. The molecular formula is C20H20O3. The van der Waals surface area contributed by atoms with E-state index in [9.17, 15) is 4.79 Å². The largest absolute Gasteiger partial charge is 0.514 e. The van der Waals surface area contributed by atoms with Gasteiger partial charge in [0, 0.05) is 5.56 Å². The van der Waals surface area contributed by atoms with Crippen LogP contribution in [-0.2, 0) is 22.5 Å². The zero-order valence-electron chi connectivity index (χ0n) is 13.2. The lowest BCUT2D eigenvalue weighted by atomic mass is 9.89. The minimum absolute atomic E-state index is 0.218. The van der Waals surface area contributed by atoms with E-state index in [1.165, 1.54) is 11.1 Å². The van der Waals surface area contributed by atoms with Crippen molar-refractivity contribution in [3.8, 4) is 0 Å². The van der Waals surface area contributed by atoms with Crippen molar-refractivity contribution < 1.29 is 14.3 Å². The average Bonchev–Trinajstić information content (AvgIpc) is 2.61. The molecule has 1 aliphatic rings. The molecule has 3 nitrogen and oxygen atoms in total. The second kappa shape index (κ2) is 7.14.